The molecule has 0 rings (SSSR count). The second-order valence-corrected chi connectivity index (χ2v) is 4.25. The third-order valence-electron chi connectivity index (χ3n) is 2.71. The molecule has 14 heavy (non-hydrogen) atoms. The van der Waals surface area contributed by atoms with Crippen molar-refractivity contribution in [3.8, 4) is 0 Å². The van der Waals surface area contributed by atoms with Crippen molar-refractivity contribution < 1.29 is 0 Å². The Bertz CT molecular complexity index is 104. The highest BCUT2D eigenvalue weighted by atomic mass is 14.6. The average Bonchev–Trinajstić information content (AvgIpc) is 2.18. The molecule has 0 aromatic rings. The lowest BCUT2D eigenvalue weighted by molar-refractivity contribution is 0.497. The molecule has 0 radical (unpaired) electrons. The Morgan fingerprint density at radius 3 is 2.00 bits per heavy atom. The van der Waals surface area contributed by atoms with E-state index in [0.29, 0.717) is 6.04 Å². The van der Waals surface area contributed by atoms with Gasteiger partial charge in [0.15, 0.2) is 0 Å². The predicted molar refractivity (Wildman–Crippen MR) is 64.3 cm³/mol. The molecule has 0 aliphatic heterocycles. The second-order valence-electron chi connectivity index (χ2n) is 4.25. The quantitative estimate of drug-likeness (QED) is 0.533. The highest BCUT2D eigenvalue weighted by Crippen LogP contribution is 2.09. The molecular formula is C12H28N2. The van der Waals surface area contributed by atoms with Crippen LogP contribution in [0.4, 0.5) is 0 Å². The molecule has 0 bridgehead atoms. The van der Waals surface area contributed by atoms with Crippen LogP contribution in [-0.2, 0) is 0 Å². The number of nitrogens with two attached hydrogens (primary N) is 2. The SMILES string of the molecule is CCCCCCCC(N)CCCCN. The van der Waals surface area contributed by atoms with Gasteiger partial charge < -0.3 is 11.5 Å². The molecule has 0 heterocycles. The van der Waals surface area contributed by atoms with Crippen LogP contribution in [0.25, 0.3) is 0 Å². The van der Waals surface area contributed by atoms with Crippen LogP contribution < -0.4 is 11.5 Å². The first-order valence-corrected chi connectivity index (χ1v) is 6.27. The van der Waals surface area contributed by atoms with Crippen molar-refractivity contribution in [3.63, 3.8) is 0 Å². The summed E-state index contributed by atoms with van der Waals surface area (Å²) in [5, 5.41) is 0. The lowest BCUT2D eigenvalue weighted by Gasteiger charge is -2.10. The Morgan fingerprint density at radius 2 is 1.43 bits per heavy atom. The molecule has 4 N–H and O–H groups in total. The summed E-state index contributed by atoms with van der Waals surface area (Å²) < 4.78 is 0. The van der Waals surface area contributed by atoms with Gasteiger partial charge in [-0.15, -0.1) is 0 Å². The Labute approximate surface area is 89.4 Å². The van der Waals surface area contributed by atoms with Gasteiger partial charge in [-0.25, -0.2) is 0 Å². The first-order chi connectivity index (χ1) is 6.81. The molecule has 0 spiro atoms. The van der Waals surface area contributed by atoms with Gasteiger partial charge in [-0.2, -0.15) is 0 Å². The maximum atomic E-state index is 5.99. The van der Waals surface area contributed by atoms with Crippen LogP contribution in [0.2, 0.25) is 0 Å². The molecule has 0 amide bonds. The van der Waals surface area contributed by atoms with Gasteiger partial charge in [-0.3, -0.25) is 0 Å². The molecule has 1 atom stereocenters. The summed E-state index contributed by atoms with van der Waals surface area (Å²) >= 11 is 0. The number of hydrogen-bond acceptors (Lipinski definition) is 2. The summed E-state index contributed by atoms with van der Waals surface area (Å²) in [6, 6.07) is 0.420. The van der Waals surface area contributed by atoms with E-state index >= 15 is 0 Å². The minimum absolute atomic E-state index is 0.420. The minimum atomic E-state index is 0.420. The normalized spacial score (nSPS) is 13.1. The molecular weight excluding hydrogens is 172 g/mol. The summed E-state index contributed by atoms with van der Waals surface area (Å²) in [4.78, 5) is 0. The van der Waals surface area contributed by atoms with E-state index in [0.717, 1.165) is 19.4 Å². The Hall–Kier alpha value is -0.0800. The predicted octanol–water partition coefficient (Wildman–Crippen LogP) is 2.80. The summed E-state index contributed by atoms with van der Waals surface area (Å²) in [5.74, 6) is 0. The van der Waals surface area contributed by atoms with Crippen molar-refractivity contribution in [2.75, 3.05) is 6.54 Å². The smallest absolute Gasteiger partial charge is 0.00388 e. The standard InChI is InChI=1S/C12H28N2/c1-2-3-4-5-6-9-12(14)10-7-8-11-13/h12H,2-11,13-14H2,1H3. The molecule has 0 aliphatic carbocycles. The highest BCUT2D eigenvalue weighted by Gasteiger charge is 2.01. The topological polar surface area (TPSA) is 52.0 Å². The Balaban J connectivity index is 3.06. The molecule has 0 saturated carbocycles. The lowest BCUT2D eigenvalue weighted by Crippen LogP contribution is -2.19. The summed E-state index contributed by atoms with van der Waals surface area (Å²) in [6.07, 6.45) is 11.4. The summed E-state index contributed by atoms with van der Waals surface area (Å²) in [5.41, 5.74) is 11.4. The second kappa shape index (κ2) is 11.0. The number of rotatable bonds is 10. The molecule has 86 valence electrons. The molecule has 0 aliphatic rings. The van der Waals surface area contributed by atoms with E-state index in [-0.39, 0.29) is 0 Å². The van der Waals surface area contributed by atoms with Gasteiger partial charge in [0, 0.05) is 6.04 Å². The summed E-state index contributed by atoms with van der Waals surface area (Å²) in [6.45, 7) is 3.06. The highest BCUT2D eigenvalue weighted by molar-refractivity contribution is 4.61. The van der Waals surface area contributed by atoms with Crippen molar-refractivity contribution in [1.29, 1.82) is 0 Å². The van der Waals surface area contributed by atoms with E-state index in [9.17, 15) is 0 Å². The van der Waals surface area contributed by atoms with Gasteiger partial charge in [0.25, 0.3) is 0 Å². The zero-order valence-electron chi connectivity index (χ0n) is 9.80. The van der Waals surface area contributed by atoms with Crippen LogP contribution >= 0.6 is 0 Å². The first-order valence-electron chi connectivity index (χ1n) is 6.27. The average molecular weight is 200 g/mol. The van der Waals surface area contributed by atoms with Gasteiger partial charge in [0.1, 0.15) is 0 Å². The Morgan fingerprint density at radius 1 is 0.857 bits per heavy atom. The van der Waals surface area contributed by atoms with E-state index in [4.69, 9.17) is 11.5 Å². The van der Waals surface area contributed by atoms with Crippen LogP contribution in [0.1, 0.15) is 64.7 Å². The zero-order valence-corrected chi connectivity index (χ0v) is 9.80. The van der Waals surface area contributed by atoms with Gasteiger partial charge in [0.05, 0.1) is 0 Å². The molecule has 2 nitrogen and oxygen atoms in total. The fraction of sp³-hybridized carbons (Fsp3) is 1.00. The molecule has 0 aromatic heterocycles. The van der Waals surface area contributed by atoms with Crippen molar-refractivity contribution in [3.05, 3.63) is 0 Å². The van der Waals surface area contributed by atoms with E-state index in [2.05, 4.69) is 6.92 Å². The minimum Gasteiger partial charge on any atom is -0.330 e. The third kappa shape index (κ3) is 10.0. The molecule has 1 unspecified atom stereocenters. The van der Waals surface area contributed by atoms with Crippen molar-refractivity contribution in [2.45, 2.75) is 70.8 Å². The number of unbranched alkanes of at least 4 members (excludes halogenated alkanes) is 5. The molecule has 0 aromatic carbocycles. The van der Waals surface area contributed by atoms with E-state index < -0.39 is 0 Å². The van der Waals surface area contributed by atoms with Crippen LogP contribution in [0.5, 0.6) is 0 Å². The first kappa shape index (κ1) is 13.9. The Kier molecular flexibility index (Phi) is 10.9. The van der Waals surface area contributed by atoms with E-state index in [1.165, 1.54) is 44.9 Å². The fourth-order valence-electron chi connectivity index (χ4n) is 1.71. The van der Waals surface area contributed by atoms with Crippen LogP contribution in [0.15, 0.2) is 0 Å². The van der Waals surface area contributed by atoms with Crippen LogP contribution in [0, 0.1) is 0 Å². The van der Waals surface area contributed by atoms with Crippen molar-refractivity contribution in [2.24, 2.45) is 11.5 Å². The van der Waals surface area contributed by atoms with Crippen molar-refractivity contribution >= 4 is 0 Å². The van der Waals surface area contributed by atoms with Gasteiger partial charge in [-0.1, -0.05) is 45.4 Å². The lowest BCUT2D eigenvalue weighted by atomic mass is 10.0. The van der Waals surface area contributed by atoms with Crippen LogP contribution in [-0.4, -0.2) is 12.6 Å². The monoisotopic (exact) mass is 200 g/mol. The van der Waals surface area contributed by atoms with Gasteiger partial charge in [-0.05, 0) is 25.8 Å². The van der Waals surface area contributed by atoms with Gasteiger partial charge >= 0.3 is 0 Å². The van der Waals surface area contributed by atoms with E-state index in [1.54, 1.807) is 0 Å². The largest absolute Gasteiger partial charge is 0.330 e. The van der Waals surface area contributed by atoms with Crippen molar-refractivity contribution in [1.82, 2.24) is 0 Å². The number of hydrogen-bond donors (Lipinski definition) is 2. The fourth-order valence-corrected chi connectivity index (χ4v) is 1.71. The maximum absolute atomic E-state index is 5.99. The van der Waals surface area contributed by atoms with E-state index in [1.807, 2.05) is 0 Å². The zero-order chi connectivity index (χ0) is 10.6. The summed E-state index contributed by atoms with van der Waals surface area (Å²) in [7, 11) is 0. The molecule has 0 fully saturated rings. The third-order valence-corrected chi connectivity index (χ3v) is 2.71. The maximum Gasteiger partial charge on any atom is 0.00388 e. The molecule has 2 heteroatoms. The van der Waals surface area contributed by atoms with Gasteiger partial charge in [0.2, 0.25) is 0 Å². The molecule has 0 saturated heterocycles. The van der Waals surface area contributed by atoms with Crippen LogP contribution in [0.3, 0.4) is 0 Å².